The lowest BCUT2D eigenvalue weighted by molar-refractivity contribution is -0.246. The van der Waals surface area contributed by atoms with Crippen molar-refractivity contribution in [2.45, 2.75) is 83.5 Å². The number of rotatable bonds is 6. The molecule has 0 bridgehead atoms. The van der Waals surface area contributed by atoms with Gasteiger partial charge in [-0.2, -0.15) is 0 Å². The van der Waals surface area contributed by atoms with Gasteiger partial charge in [0.15, 0.2) is 23.4 Å². The molecule has 0 saturated carbocycles. The van der Waals surface area contributed by atoms with E-state index in [0.29, 0.717) is 67.8 Å². The standard InChI is InChI=1S/C31H32O11/c1-4-20-25(34)27-28(42-31(2,3)41-27)30(39-20)40-26-18-8-16(11-33)15(10-32)7-17(18)23(24-19(26)12-36-29(24)35)14-5-6-21-22(9-14)38-13-37-21/h5-9,20,25,27-28,30,32-34H,4,10-13H2,1-3H3/t20-,25+,27+,28-,30?/m1/s1. The number of carbonyl (C=O) groups is 1. The molecule has 4 heterocycles. The van der Waals surface area contributed by atoms with Gasteiger partial charge in [-0.25, -0.2) is 4.79 Å². The topological polar surface area (TPSA) is 142 Å². The monoisotopic (exact) mass is 580 g/mol. The van der Waals surface area contributed by atoms with E-state index in [1.54, 1.807) is 38.1 Å². The molecule has 2 fully saturated rings. The Hall–Kier alpha value is -3.45. The van der Waals surface area contributed by atoms with Crippen LogP contribution in [-0.4, -0.2) is 64.6 Å². The second-order valence-corrected chi connectivity index (χ2v) is 11.3. The molecule has 222 valence electrons. The first-order valence-corrected chi connectivity index (χ1v) is 14.0. The molecule has 0 radical (unpaired) electrons. The Kier molecular flexibility index (Phi) is 6.57. The van der Waals surface area contributed by atoms with Gasteiger partial charge in [0.25, 0.3) is 0 Å². The third-order valence-electron chi connectivity index (χ3n) is 8.33. The van der Waals surface area contributed by atoms with Crippen molar-refractivity contribution in [3.05, 3.63) is 52.6 Å². The van der Waals surface area contributed by atoms with Crippen molar-refractivity contribution < 1.29 is 53.3 Å². The van der Waals surface area contributed by atoms with Crippen LogP contribution < -0.4 is 14.2 Å². The van der Waals surface area contributed by atoms with Crippen molar-refractivity contribution in [2.24, 2.45) is 0 Å². The summed E-state index contributed by atoms with van der Waals surface area (Å²) in [6, 6.07) is 8.91. The average molecular weight is 581 g/mol. The number of benzene rings is 3. The third-order valence-corrected chi connectivity index (χ3v) is 8.33. The average Bonchev–Trinajstić information content (AvgIpc) is 3.70. The van der Waals surface area contributed by atoms with Crippen molar-refractivity contribution in [3.8, 4) is 28.4 Å². The lowest BCUT2D eigenvalue weighted by Gasteiger charge is -2.39. The minimum absolute atomic E-state index is 0.0449. The molecule has 11 nitrogen and oxygen atoms in total. The summed E-state index contributed by atoms with van der Waals surface area (Å²) in [6.45, 7) is 4.83. The van der Waals surface area contributed by atoms with E-state index in [1.165, 1.54) is 0 Å². The summed E-state index contributed by atoms with van der Waals surface area (Å²) < 4.78 is 41.7. The van der Waals surface area contributed by atoms with Crippen molar-refractivity contribution >= 4 is 16.7 Å². The number of fused-ring (bicyclic) bond motifs is 4. The summed E-state index contributed by atoms with van der Waals surface area (Å²) in [5.41, 5.74) is 3.10. The first-order chi connectivity index (χ1) is 20.2. The van der Waals surface area contributed by atoms with Gasteiger partial charge in [0.1, 0.15) is 24.6 Å². The van der Waals surface area contributed by atoms with Gasteiger partial charge in [-0.3, -0.25) is 0 Å². The molecule has 7 rings (SSSR count). The minimum atomic E-state index is -0.986. The minimum Gasteiger partial charge on any atom is -0.461 e. The largest absolute Gasteiger partial charge is 0.461 e. The van der Waals surface area contributed by atoms with Crippen LogP contribution in [0.15, 0.2) is 30.3 Å². The van der Waals surface area contributed by atoms with E-state index in [1.807, 2.05) is 13.0 Å². The molecule has 1 unspecified atom stereocenters. The predicted octanol–water partition coefficient (Wildman–Crippen LogP) is 3.29. The van der Waals surface area contributed by atoms with Crippen LogP contribution in [0.5, 0.6) is 17.2 Å². The Morgan fingerprint density at radius 3 is 2.38 bits per heavy atom. The summed E-state index contributed by atoms with van der Waals surface area (Å²) in [7, 11) is 0. The smallest absolute Gasteiger partial charge is 0.339 e. The molecule has 0 amide bonds. The highest BCUT2D eigenvalue weighted by molar-refractivity contribution is 6.13. The number of aliphatic hydroxyl groups is 3. The van der Waals surface area contributed by atoms with E-state index >= 15 is 0 Å². The Morgan fingerprint density at radius 1 is 0.929 bits per heavy atom. The summed E-state index contributed by atoms with van der Waals surface area (Å²) in [5, 5.41) is 32.5. The highest BCUT2D eigenvalue weighted by Gasteiger charge is 2.56. The molecule has 11 heteroatoms. The molecule has 0 spiro atoms. The summed E-state index contributed by atoms with van der Waals surface area (Å²) >= 11 is 0. The van der Waals surface area contributed by atoms with E-state index in [9.17, 15) is 20.1 Å². The maximum Gasteiger partial charge on any atom is 0.339 e. The van der Waals surface area contributed by atoms with Gasteiger partial charge >= 0.3 is 5.97 Å². The van der Waals surface area contributed by atoms with E-state index in [2.05, 4.69) is 0 Å². The van der Waals surface area contributed by atoms with Crippen LogP contribution in [0, 0.1) is 0 Å². The molecule has 4 aliphatic heterocycles. The van der Waals surface area contributed by atoms with E-state index in [0.717, 1.165) is 0 Å². The fourth-order valence-electron chi connectivity index (χ4n) is 6.38. The van der Waals surface area contributed by atoms with Crippen LogP contribution in [0.2, 0.25) is 0 Å². The number of carbonyl (C=O) groups excluding carboxylic acids is 1. The van der Waals surface area contributed by atoms with Crippen LogP contribution in [0.4, 0.5) is 0 Å². The molecule has 4 aliphatic rings. The fourth-order valence-corrected chi connectivity index (χ4v) is 6.38. The highest BCUT2D eigenvalue weighted by Crippen LogP contribution is 2.49. The van der Waals surface area contributed by atoms with Gasteiger partial charge in [-0.15, -0.1) is 0 Å². The van der Waals surface area contributed by atoms with Crippen LogP contribution >= 0.6 is 0 Å². The Morgan fingerprint density at radius 2 is 1.64 bits per heavy atom. The lowest BCUT2D eigenvalue weighted by atomic mass is 9.87. The SMILES string of the molecule is CC[C@H]1OC(Oc2c3c(c(-c4ccc5c(c4)OCO5)c4cc(CO)c(CO)cc24)C(=O)OC3)[C@@H]2OC(C)(C)O[C@H]2[C@H]1O. The van der Waals surface area contributed by atoms with Gasteiger partial charge < -0.3 is 48.5 Å². The highest BCUT2D eigenvalue weighted by atomic mass is 16.8. The maximum absolute atomic E-state index is 13.3. The van der Waals surface area contributed by atoms with Crippen molar-refractivity contribution in [1.82, 2.24) is 0 Å². The lowest BCUT2D eigenvalue weighted by Crippen LogP contribution is -2.57. The van der Waals surface area contributed by atoms with Gasteiger partial charge in [-0.1, -0.05) is 13.0 Å². The number of cyclic esters (lactones) is 1. The predicted molar refractivity (Wildman–Crippen MR) is 146 cm³/mol. The summed E-state index contributed by atoms with van der Waals surface area (Å²) in [6.07, 6.45) is -3.43. The van der Waals surface area contributed by atoms with E-state index < -0.39 is 42.5 Å². The molecule has 2 saturated heterocycles. The van der Waals surface area contributed by atoms with Crippen LogP contribution in [0.25, 0.3) is 21.9 Å². The van der Waals surface area contributed by atoms with Crippen LogP contribution in [-0.2, 0) is 38.8 Å². The molecular formula is C31H32O11. The first kappa shape index (κ1) is 27.4. The quantitative estimate of drug-likeness (QED) is 0.370. The van der Waals surface area contributed by atoms with Crippen LogP contribution in [0.1, 0.15) is 54.2 Å². The van der Waals surface area contributed by atoms with Crippen molar-refractivity contribution in [1.29, 1.82) is 0 Å². The second kappa shape index (κ2) is 10.1. The fraction of sp³-hybridized carbons (Fsp3) is 0.452. The van der Waals surface area contributed by atoms with E-state index in [-0.39, 0.29) is 26.6 Å². The van der Waals surface area contributed by atoms with Crippen molar-refractivity contribution in [3.63, 3.8) is 0 Å². The molecule has 3 aromatic carbocycles. The number of hydrogen-bond acceptors (Lipinski definition) is 11. The second-order valence-electron chi connectivity index (χ2n) is 11.3. The zero-order valence-corrected chi connectivity index (χ0v) is 23.4. The molecule has 0 aromatic heterocycles. The number of ether oxygens (including phenoxy) is 7. The van der Waals surface area contributed by atoms with Crippen LogP contribution in [0.3, 0.4) is 0 Å². The zero-order chi connectivity index (χ0) is 29.3. The molecule has 3 aromatic rings. The number of hydrogen-bond donors (Lipinski definition) is 3. The molecule has 42 heavy (non-hydrogen) atoms. The molecule has 5 atom stereocenters. The Bertz CT molecular complexity index is 1580. The van der Waals surface area contributed by atoms with Gasteiger partial charge in [0.2, 0.25) is 13.1 Å². The molecule has 0 aliphatic carbocycles. The molecule has 3 N–H and O–H groups in total. The zero-order valence-electron chi connectivity index (χ0n) is 23.4. The maximum atomic E-state index is 13.3. The Balaban J connectivity index is 1.44. The first-order valence-electron chi connectivity index (χ1n) is 14.0. The normalized spacial score (nSPS) is 27.2. The summed E-state index contributed by atoms with van der Waals surface area (Å²) in [4.78, 5) is 13.3. The van der Waals surface area contributed by atoms with Gasteiger partial charge in [-0.05, 0) is 66.6 Å². The summed E-state index contributed by atoms with van der Waals surface area (Å²) in [5.74, 6) is -0.0255. The Labute approximate surface area is 241 Å². The van der Waals surface area contributed by atoms with E-state index in [4.69, 9.17) is 33.2 Å². The number of esters is 1. The van der Waals surface area contributed by atoms with Gasteiger partial charge in [0.05, 0.1) is 24.9 Å². The third kappa shape index (κ3) is 4.23. The number of aliphatic hydroxyl groups excluding tert-OH is 3. The van der Waals surface area contributed by atoms with Gasteiger partial charge in [0, 0.05) is 16.5 Å². The van der Waals surface area contributed by atoms with Crippen molar-refractivity contribution in [2.75, 3.05) is 6.79 Å². The molecular weight excluding hydrogens is 548 g/mol.